The summed E-state index contributed by atoms with van der Waals surface area (Å²) in [6, 6.07) is 28.3. The molecule has 4 amide bonds. The van der Waals surface area contributed by atoms with Gasteiger partial charge in [-0.15, -0.1) is 0 Å². The fourth-order valence-corrected chi connectivity index (χ4v) is 9.10. The van der Waals surface area contributed by atoms with Crippen LogP contribution in [-0.4, -0.2) is 40.8 Å². The van der Waals surface area contributed by atoms with Gasteiger partial charge in [-0.25, -0.2) is 9.88 Å². The summed E-state index contributed by atoms with van der Waals surface area (Å²) in [6.45, 7) is 1.83. The van der Waals surface area contributed by atoms with Gasteiger partial charge in [0.15, 0.2) is 17.1 Å². The molecule has 1 aromatic heterocycles. The van der Waals surface area contributed by atoms with E-state index in [1.165, 1.54) is 23.0 Å². The van der Waals surface area contributed by atoms with Crippen LogP contribution in [0.2, 0.25) is 0 Å². The minimum absolute atomic E-state index is 0.0536. The van der Waals surface area contributed by atoms with Crippen LogP contribution in [0.3, 0.4) is 0 Å². The summed E-state index contributed by atoms with van der Waals surface area (Å²) in [4.78, 5) is 64.6. The van der Waals surface area contributed by atoms with Crippen molar-refractivity contribution in [3.63, 3.8) is 0 Å². The van der Waals surface area contributed by atoms with Crippen LogP contribution in [0.25, 0.3) is 22.6 Å². The van der Waals surface area contributed by atoms with Crippen molar-refractivity contribution in [2.45, 2.75) is 25.7 Å². The topological polar surface area (TPSA) is 130 Å². The van der Waals surface area contributed by atoms with Crippen molar-refractivity contribution in [2.75, 3.05) is 16.9 Å². The van der Waals surface area contributed by atoms with E-state index in [1.807, 2.05) is 43.3 Å². The number of oxazole rings is 1. The predicted molar refractivity (Wildman–Crippen MR) is 188 cm³/mol. The largest absolute Gasteiger partial charge is 0.504 e. The number of anilines is 2. The number of methoxy groups -OCH3 is 1. The Morgan fingerprint density at radius 3 is 2.29 bits per heavy atom. The summed E-state index contributed by atoms with van der Waals surface area (Å²) in [6.07, 6.45) is 2.56. The molecule has 10 nitrogen and oxygen atoms in total. The van der Waals surface area contributed by atoms with Crippen molar-refractivity contribution in [3.05, 3.63) is 114 Å². The van der Waals surface area contributed by atoms with E-state index in [4.69, 9.17) is 9.15 Å². The lowest BCUT2D eigenvalue weighted by Crippen LogP contribution is -2.48. The highest BCUT2D eigenvalue weighted by Crippen LogP contribution is 2.64. The van der Waals surface area contributed by atoms with Crippen LogP contribution in [-0.2, 0) is 19.2 Å². The monoisotopic (exact) mass is 679 g/mol. The number of amides is 4. The molecule has 5 aromatic rings. The number of nitrogens with zero attached hydrogens (tertiary/aromatic N) is 3. The zero-order chi connectivity index (χ0) is 35.2. The Morgan fingerprint density at radius 2 is 1.55 bits per heavy atom. The number of aromatic hydroxyl groups is 1. The summed E-state index contributed by atoms with van der Waals surface area (Å²) in [5.41, 5.74) is 3.38. The van der Waals surface area contributed by atoms with Crippen molar-refractivity contribution in [1.82, 2.24) is 4.98 Å². The lowest BCUT2D eigenvalue weighted by atomic mass is 9.51. The van der Waals surface area contributed by atoms with Gasteiger partial charge < -0.3 is 14.3 Å². The van der Waals surface area contributed by atoms with Gasteiger partial charge in [-0.2, -0.15) is 0 Å². The number of hydrogen-bond acceptors (Lipinski definition) is 8. The highest BCUT2D eigenvalue weighted by atomic mass is 16.5. The molecule has 4 aliphatic rings. The minimum Gasteiger partial charge on any atom is -0.504 e. The highest BCUT2D eigenvalue weighted by molar-refractivity contribution is 6.25. The van der Waals surface area contributed by atoms with Gasteiger partial charge in [0, 0.05) is 11.5 Å². The number of imide groups is 2. The number of fused-ring (bicyclic) bond motifs is 5. The van der Waals surface area contributed by atoms with E-state index in [9.17, 15) is 24.3 Å². The molecule has 4 aromatic carbocycles. The third-order valence-electron chi connectivity index (χ3n) is 11.5. The van der Waals surface area contributed by atoms with Gasteiger partial charge in [-0.1, -0.05) is 48.0 Å². The lowest BCUT2D eigenvalue weighted by molar-refractivity contribution is -0.131. The molecule has 1 N–H and O–H groups in total. The van der Waals surface area contributed by atoms with Crippen molar-refractivity contribution >= 4 is 46.1 Å². The van der Waals surface area contributed by atoms with Crippen molar-refractivity contribution in [1.29, 1.82) is 0 Å². The summed E-state index contributed by atoms with van der Waals surface area (Å²) in [7, 11) is 1.45. The molecule has 2 aliphatic carbocycles. The number of hydrogen-bond donors (Lipinski definition) is 1. The molecule has 6 atom stereocenters. The van der Waals surface area contributed by atoms with Crippen LogP contribution >= 0.6 is 0 Å². The second-order valence-corrected chi connectivity index (χ2v) is 14.0. The molecule has 51 heavy (non-hydrogen) atoms. The van der Waals surface area contributed by atoms with E-state index in [0.717, 1.165) is 11.1 Å². The van der Waals surface area contributed by atoms with Crippen LogP contribution < -0.4 is 14.5 Å². The molecular weight excluding hydrogens is 646 g/mol. The van der Waals surface area contributed by atoms with E-state index >= 15 is 0 Å². The molecule has 1 saturated carbocycles. The fourth-order valence-electron chi connectivity index (χ4n) is 9.10. The standard InChI is InChI=1S/C41H33N3O7/c1-41-29(38(47)44(40(41)49)24-8-4-3-5-9-24)21-28-26(35(41)23-14-19-31(45)33(20-23)50-2)17-18-27-34(28)39(48)43(37(27)46)25-15-12-22(13-16-25)36-42-30-10-6-7-11-32(30)51-36/h3-17,19-20,27-29,34-35,45H,18,21H2,1-2H3. The lowest BCUT2D eigenvalue weighted by Gasteiger charge is -2.49. The smallest absolute Gasteiger partial charge is 0.241 e. The molecule has 0 bridgehead atoms. The fraction of sp³-hybridized carbons (Fsp3) is 0.244. The Kier molecular flexibility index (Phi) is 6.83. The Labute approximate surface area is 292 Å². The van der Waals surface area contributed by atoms with Gasteiger partial charge in [-0.3, -0.25) is 24.1 Å². The van der Waals surface area contributed by atoms with Crippen molar-refractivity contribution in [2.24, 2.45) is 29.1 Å². The summed E-state index contributed by atoms with van der Waals surface area (Å²) in [5.74, 6) is -3.81. The molecule has 6 unspecified atom stereocenters. The zero-order valence-electron chi connectivity index (χ0n) is 27.9. The van der Waals surface area contributed by atoms with E-state index in [0.29, 0.717) is 40.4 Å². The summed E-state index contributed by atoms with van der Waals surface area (Å²) in [5, 5.41) is 10.5. The predicted octanol–water partition coefficient (Wildman–Crippen LogP) is 6.64. The van der Waals surface area contributed by atoms with Crippen LogP contribution in [0.1, 0.15) is 31.2 Å². The van der Waals surface area contributed by atoms with Crippen LogP contribution in [0, 0.1) is 29.1 Å². The number of phenolic OH excluding ortho intramolecular Hbond substituents is 1. The maximum Gasteiger partial charge on any atom is 0.241 e. The molecular formula is C41H33N3O7. The summed E-state index contributed by atoms with van der Waals surface area (Å²) >= 11 is 0. The van der Waals surface area contributed by atoms with Gasteiger partial charge in [0.25, 0.3) is 0 Å². The van der Waals surface area contributed by atoms with Gasteiger partial charge in [0.1, 0.15) is 5.52 Å². The minimum atomic E-state index is -1.20. The zero-order valence-corrected chi connectivity index (χ0v) is 27.9. The van der Waals surface area contributed by atoms with Gasteiger partial charge >= 0.3 is 0 Å². The van der Waals surface area contributed by atoms with Crippen LogP contribution in [0.5, 0.6) is 11.5 Å². The number of rotatable bonds is 5. The molecule has 10 heteroatoms. The Bertz CT molecular complexity index is 2280. The first-order valence-electron chi connectivity index (χ1n) is 17.0. The van der Waals surface area contributed by atoms with E-state index < -0.39 is 35.0 Å². The third-order valence-corrected chi connectivity index (χ3v) is 11.5. The van der Waals surface area contributed by atoms with E-state index in [2.05, 4.69) is 4.98 Å². The quantitative estimate of drug-likeness (QED) is 0.162. The van der Waals surface area contributed by atoms with E-state index in [-0.39, 0.29) is 41.5 Å². The molecule has 0 spiro atoms. The number of allylic oxidation sites excluding steroid dienone is 2. The number of benzene rings is 4. The first-order valence-corrected chi connectivity index (χ1v) is 17.0. The third kappa shape index (κ3) is 4.38. The molecule has 2 saturated heterocycles. The first kappa shape index (κ1) is 31.0. The second-order valence-electron chi connectivity index (χ2n) is 14.0. The second kappa shape index (κ2) is 11.2. The van der Waals surface area contributed by atoms with Gasteiger partial charge in [0.2, 0.25) is 29.5 Å². The Balaban J connectivity index is 1.10. The van der Waals surface area contributed by atoms with Gasteiger partial charge in [0.05, 0.1) is 41.7 Å². The number of ether oxygens (including phenoxy) is 1. The first-order chi connectivity index (χ1) is 24.7. The maximum atomic E-state index is 14.6. The maximum absolute atomic E-state index is 14.6. The molecule has 2 aliphatic heterocycles. The Morgan fingerprint density at radius 1 is 0.824 bits per heavy atom. The SMILES string of the molecule is COc1cc(C2C3=CCC4C(=O)N(c5ccc(-c6nc7ccccc7o6)cc5)C(=O)C4C3CC3C(=O)N(c4ccccc4)C(=O)C32C)ccc1O. The van der Waals surface area contributed by atoms with Gasteiger partial charge in [-0.05, 0) is 91.9 Å². The van der Waals surface area contributed by atoms with E-state index in [1.54, 1.807) is 60.7 Å². The highest BCUT2D eigenvalue weighted by Gasteiger charge is 2.67. The molecule has 0 radical (unpaired) electrons. The number of phenols is 1. The van der Waals surface area contributed by atoms with Crippen LogP contribution in [0.4, 0.5) is 11.4 Å². The average Bonchev–Trinajstić information content (AvgIpc) is 3.76. The number of carbonyl (C=O) groups excluding carboxylic acids is 4. The van der Waals surface area contributed by atoms with Crippen LogP contribution in [0.15, 0.2) is 113 Å². The number of aromatic nitrogens is 1. The molecule has 9 rings (SSSR count). The molecule has 3 fully saturated rings. The normalized spacial score (nSPS) is 27.0. The van der Waals surface area contributed by atoms with Crippen molar-refractivity contribution in [3.8, 4) is 23.0 Å². The summed E-state index contributed by atoms with van der Waals surface area (Å²) < 4.78 is 11.4. The van der Waals surface area contributed by atoms with Crippen molar-refractivity contribution < 1.29 is 33.4 Å². The Hall–Kier alpha value is -6.03. The number of carbonyl (C=O) groups is 4. The molecule has 3 heterocycles. The molecule has 254 valence electrons. The average molecular weight is 680 g/mol. The number of para-hydroxylation sites is 3.